The number of benzene rings is 1. The van der Waals surface area contributed by atoms with Crippen LogP contribution in [-0.2, 0) is 0 Å². The Morgan fingerprint density at radius 1 is 1.21 bits per heavy atom. The topological polar surface area (TPSA) is 33.1 Å². The van der Waals surface area contributed by atoms with E-state index < -0.39 is 0 Å². The van der Waals surface area contributed by atoms with Gasteiger partial charge in [0.1, 0.15) is 11.3 Å². The van der Waals surface area contributed by atoms with Crippen molar-refractivity contribution in [2.75, 3.05) is 0 Å². The molecular formula is C10H7Cl2NO. The Labute approximate surface area is 91.1 Å². The first kappa shape index (κ1) is 9.56. The number of halogens is 2. The first-order valence-corrected chi connectivity index (χ1v) is 4.79. The van der Waals surface area contributed by atoms with Crippen LogP contribution in [0.5, 0.6) is 5.75 Å². The molecule has 2 nitrogen and oxygen atoms in total. The summed E-state index contributed by atoms with van der Waals surface area (Å²) < 4.78 is 0. The summed E-state index contributed by atoms with van der Waals surface area (Å²) >= 11 is 12.0. The molecule has 1 aromatic heterocycles. The van der Waals surface area contributed by atoms with Crippen LogP contribution in [-0.4, -0.2) is 10.1 Å². The summed E-state index contributed by atoms with van der Waals surface area (Å²) in [6.07, 6.45) is 0. The minimum Gasteiger partial charge on any atom is -0.506 e. The fraction of sp³-hybridized carbons (Fsp3) is 0.100. The van der Waals surface area contributed by atoms with Gasteiger partial charge in [-0.15, -0.1) is 0 Å². The number of hydrogen-bond donors (Lipinski definition) is 1. The van der Waals surface area contributed by atoms with Gasteiger partial charge in [-0.3, -0.25) is 0 Å². The number of rotatable bonds is 0. The van der Waals surface area contributed by atoms with Gasteiger partial charge in [-0.1, -0.05) is 23.2 Å². The van der Waals surface area contributed by atoms with Gasteiger partial charge in [-0.05, 0) is 25.1 Å². The minimum absolute atomic E-state index is 0.0926. The molecular weight excluding hydrogens is 221 g/mol. The number of aromatic hydroxyl groups is 1. The first-order chi connectivity index (χ1) is 6.59. The zero-order chi connectivity index (χ0) is 10.3. The lowest BCUT2D eigenvalue weighted by atomic mass is 10.2. The zero-order valence-electron chi connectivity index (χ0n) is 7.38. The Balaban J connectivity index is 3.00. The van der Waals surface area contributed by atoms with Gasteiger partial charge in [0.15, 0.2) is 0 Å². The largest absolute Gasteiger partial charge is 0.506 e. The van der Waals surface area contributed by atoms with Crippen molar-refractivity contribution < 1.29 is 5.11 Å². The number of nitrogens with zero attached hydrogens (tertiary/aromatic N) is 1. The summed E-state index contributed by atoms with van der Waals surface area (Å²) in [5.41, 5.74) is 1.20. The SMILES string of the molecule is Cc1cc(Cl)c2c(Cl)ccc(O)c2n1. The number of hydrogen-bond acceptors (Lipinski definition) is 2. The monoisotopic (exact) mass is 227 g/mol. The summed E-state index contributed by atoms with van der Waals surface area (Å²) in [5, 5.41) is 11.2. The van der Waals surface area contributed by atoms with Crippen LogP contribution >= 0.6 is 23.2 Å². The van der Waals surface area contributed by atoms with E-state index in [1.165, 1.54) is 6.07 Å². The molecule has 0 bridgehead atoms. The Bertz CT molecular complexity index is 511. The summed E-state index contributed by atoms with van der Waals surface area (Å²) in [5.74, 6) is 0.0926. The van der Waals surface area contributed by atoms with Crippen LogP contribution in [0.25, 0.3) is 10.9 Å². The maximum atomic E-state index is 9.56. The maximum Gasteiger partial charge on any atom is 0.141 e. The molecule has 1 heterocycles. The lowest BCUT2D eigenvalue weighted by molar-refractivity contribution is 0.480. The van der Waals surface area contributed by atoms with E-state index in [9.17, 15) is 5.11 Å². The number of phenols is 1. The molecule has 0 spiro atoms. The van der Waals surface area contributed by atoms with Crippen LogP contribution in [0.2, 0.25) is 10.0 Å². The van der Waals surface area contributed by atoms with Gasteiger partial charge in [-0.25, -0.2) is 4.98 Å². The molecule has 72 valence electrons. The van der Waals surface area contributed by atoms with Crippen molar-refractivity contribution in [2.24, 2.45) is 0 Å². The summed E-state index contributed by atoms with van der Waals surface area (Å²) in [7, 11) is 0. The van der Waals surface area contributed by atoms with Gasteiger partial charge in [0, 0.05) is 11.1 Å². The molecule has 14 heavy (non-hydrogen) atoms. The number of fused-ring (bicyclic) bond motifs is 1. The number of pyridine rings is 1. The van der Waals surface area contributed by atoms with Crippen molar-refractivity contribution in [3.63, 3.8) is 0 Å². The predicted octanol–water partition coefficient (Wildman–Crippen LogP) is 3.56. The normalized spacial score (nSPS) is 10.8. The van der Waals surface area contributed by atoms with Crippen molar-refractivity contribution in [3.05, 3.63) is 33.9 Å². The maximum absolute atomic E-state index is 9.56. The van der Waals surface area contributed by atoms with E-state index in [0.29, 0.717) is 20.9 Å². The number of phenolic OH excluding ortho intramolecular Hbond substituents is 1. The predicted molar refractivity (Wildman–Crippen MR) is 58.2 cm³/mol. The number of aromatic nitrogens is 1. The Morgan fingerprint density at radius 2 is 1.93 bits per heavy atom. The van der Waals surface area contributed by atoms with Crippen LogP contribution in [0.15, 0.2) is 18.2 Å². The third-order valence-electron chi connectivity index (χ3n) is 1.97. The lowest BCUT2D eigenvalue weighted by Crippen LogP contribution is -1.86. The van der Waals surface area contributed by atoms with E-state index in [1.807, 2.05) is 6.92 Å². The molecule has 0 saturated carbocycles. The smallest absolute Gasteiger partial charge is 0.141 e. The third-order valence-corrected chi connectivity index (χ3v) is 2.58. The molecule has 0 atom stereocenters. The van der Waals surface area contributed by atoms with Crippen molar-refractivity contribution in [3.8, 4) is 5.75 Å². The quantitative estimate of drug-likeness (QED) is 0.747. The Morgan fingerprint density at radius 3 is 2.64 bits per heavy atom. The molecule has 1 aromatic carbocycles. The first-order valence-electron chi connectivity index (χ1n) is 4.04. The fourth-order valence-corrected chi connectivity index (χ4v) is 2.01. The molecule has 1 N–H and O–H groups in total. The molecule has 0 radical (unpaired) electrons. The van der Waals surface area contributed by atoms with E-state index in [1.54, 1.807) is 12.1 Å². The van der Waals surface area contributed by atoms with Crippen LogP contribution in [0.4, 0.5) is 0 Å². The average molecular weight is 228 g/mol. The molecule has 2 rings (SSSR count). The second-order valence-electron chi connectivity index (χ2n) is 3.04. The molecule has 0 unspecified atom stereocenters. The van der Waals surface area contributed by atoms with E-state index in [0.717, 1.165) is 5.69 Å². The second-order valence-corrected chi connectivity index (χ2v) is 3.85. The van der Waals surface area contributed by atoms with E-state index in [4.69, 9.17) is 23.2 Å². The van der Waals surface area contributed by atoms with Crippen molar-refractivity contribution in [2.45, 2.75) is 6.92 Å². The van der Waals surface area contributed by atoms with Gasteiger partial charge >= 0.3 is 0 Å². The number of aryl methyl sites for hydroxylation is 1. The van der Waals surface area contributed by atoms with Gasteiger partial charge in [0.25, 0.3) is 0 Å². The highest BCUT2D eigenvalue weighted by molar-refractivity contribution is 6.42. The molecule has 0 aliphatic heterocycles. The highest BCUT2D eigenvalue weighted by Gasteiger charge is 2.09. The second kappa shape index (κ2) is 3.30. The van der Waals surface area contributed by atoms with E-state index in [2.05, 4.69) is 4.98 Å². The molecule has 0 aliphatic rings. The molecule has 0 amide bonds. The minimum atomic E-state index is 0.0926. The van der Waals surface area contributed by atoms with Gasteiger partial charge in [0.2, 0.25) is 0 Å². The van der Waals surface area contributed by atoms with E-state index >= 15 is 0 Å². The summed E-state index contributed by atoms with van der Waals surface area (Å²) in [6.45, 7) is 1.81. The highest BCUT2D eigenvalue weighted by atomic mass is 35.5. The van der Waals surface area contributed by atoms with E-state index in [-0.39, 0.29) is 5.75 Å². The van der Waals surface area contributed by atoms with Gasteiger partial charge in [-0.2, -0.15) is 0 Å². The van der Waals surface area contributed by atoms with Gasteiger partial charge in [0.05, 0.1) is 10.0 Å². The molecule has 0 fully saturated rings. The van der Waals surface area contributed by atoms with Crippen LogP contribution in [0.3, 0.4) is 0 Å². The standard InChI is InChI=1S/C10H7Cl2NO/c1-5-4-7(12)9-6(11)2-3-8(14)10(9)13-5/h2-4,14H,1H3. The van der Waals surface area contributed by atoms with Crippen molar-refractivity contribution >= 4 is 34.1 Å². The lowest BCUT2D eigenvalue weighted by Gasteiger charge is -2.05. The molecule has 0 saturated heterocycles. The van der Waals surface area contributed by atoms with Crippen molar-refractivity contribution in [1.29, 1.82) is 0 Å². The van der Waals surface area contributed by atoms with Crippen LogP contribution in [0.1, 0.15) is 5.69 Å². The van der Waals surface area contributed by atoms with Crippen LogP contribution < -0.4 is 0 Å². The Hall–Kier alpha value is -0.990. The summed E-state index contributed by atoms with van der Waals surface area (Å²) in [4.78, 5) is 4.18. The summed E-state index contributed by atoms with van der Waals surface area (Å²) in [6, 6.07) is 4.82. The molecule has 2 aromatic rings. The van der Waals surface area contributed by atoms with Crippen LogP contribution in [0, 0.1) is 6.92 Å². The third kappa shape index (κ3) is 1.41. The van der Waals surface area contributed by atoms with Crippen molar-refractivity contribution in [1.82, 2.24) is 4.98 Å². The zero-order valence-corrected chi connectivity index (χ0v) is 8.89. The molecule has 4 heteroatoms. The molecule has 0 aliphatic carbocycles. The average Bonchev–Trinajstić information content (AvgIpc) is 2.10. The fourth-order valence-electron chi connectivity index (χ4n) is 1.36. The van der Waals surface area contributed by atoms with Gasteiger partial charge < -0.3 is 5.11 Å². The highest BCUT2D eigenvalue weighted by Crippen LogP contribution is 2.34. The Kier molecular flexibility index (Phi) is 2.25.